The number of aryl methyl sites for hydroxylation is 1. The first-order valence-corrected chi connectivity index (χ1v) is 6.36. The molecule has 0 aliphatic rings. The van der Waals surface area contributed by atoms with Gasteiger partial charge in [0, 0.05) is 12.1 Å². The van der Waals surface area contributed by atoms with E-state index in [1.165, 1.54) is 23.5 Å². The minimum absolute atomic E-state index is 0.222. The summed E-state index contributed by atoms with van der Waals surface area (Å²) in [7, 11) is 0. The molecule has 1 heterocycles. The molecule has 1 aromatic heterocycles. The van der Waals surface area contributed by atoms with Crippen LogP contribution in [0, 0.1) is 12.7 Å². The predicted molar refractivity (Wildman–Crippen MR) is 68.8 cm³/mol. The van der Waals surface area contributed by atoms with Crippen LogP contribution in [-0.2, 0) is 0 Å². The Morgan fingerprint density at radius 2 is 2.18 bits per heavy atom. The zero-order chi connectivity index (χ0) is 12.3. The van der Waals surface area contributed by atoms with Gasteiger partial charge in [0.1, 0.15) is 10.8 Å². The molecule has 0 atom stereocenters. The van der Waals surface area contributed by atoms with E-state index in [4.69, 9.17) is 0 Å². The Labute approximate surface area is 104 Å². The number of rotatable bonds is 4. The van der Waals surface area contributed by atoms with Crippen LogP contribution in [0.4, 0.5) is 9.52 Å². The molecule has 3 nitrogen and oxygen atoms in total. The third kappa shape index (κ3) is 2.79. The van der Waals surface area contributed by atoms with Crippen molar-refractivity contribution in [2.45, 2.75) is 20.3 Å². The fourth-order valence-corrected chi connectivity index (χ4v) is 2.36. The number of anilines is 1. The molecule has 0 aliphatic heterocycles. The van der Waals surface area contributed by atoms with Gasteiger partial charge < -0.3 is 5.32 Å². The zero-order valence-corrected chi connectivity index (χ0v) is 10.6. The lowest BCUT2D eigenvalue weighted by Crippen LogP contribution is -1.98. The Hall–Kier alpha value is -1.49. The Morgan fingerprint density at radius 3 is 2.88 bits per heavy atom. The van der Waals surface area contributed by atoms with Crippen LogP contribution in [0.2, 0.25) is 0 Å². The predicted octanol–water partition coefficient (Wildman–Crippen LogP) is 3.47. The molecule has 0 spiro atoms. The molecule has 0 amide bonds. The van der Waals surface area contributed by atoms with Gasteiger partial charge in [-0.05, 0) is 37.1 Å². The molecule has 1 aromatic carbocycles. The van der Waals surface area contributed by atoms with Crippen molar-refractivity contribution < 1.29 is 4.39 Å². The summed E-state index contributed by atoms with van der Waals surface area (Å²) in [5, 5.41) is 13.0. The maximum atomic E-state index is 13.0. The number of aromatic nitrogens is 2. The molecule has 90 valence electrons. The molecule has 0 unspecified atom stereocenters. The van der Waals surface area contributed by atoms with Crippen LogP contribution in [0.3, 0.4) is 0 Å². The van der Waals surface area contributed by atoms with Crippen molar-refractivity contribution in [3.05, 3.63) is 29.6 Å². The molecule has 1 N–H and O–H groups in total. The molecule has 0 saturated carbocycles. The Kier molecular flexibility index (Phi) is 3.68. The van der Waals surface area contributed by atoms with Crippen molar-refractivity contribution in [1.82, 2.24) is 10.2 Å². The second-order valence-electron chi connectivity index (χ2n) is 3.80. The second-order valence-corrected chi connectivity index (χ2v) is 4.78. The first kappa shape index (κ1) is 12.0. The van der Waals surface area contributed by atoms with Crippen LogP contribution >= 0.6 is 11.3 Å². The van der Waals surface area contributed by atoms with E-state index < -0.39 is 0 Å². The van der Waals surface area contributed by atoms with E-state index in [-0.39, 0.29) is 5.82 Å². The molecule has 0 fully saturated rings. The van der Waals surface area contributed by atoms with Crippen LogP contribution in [0.5, 0.6) is 0 Å². The standard InChI is InChI=1S/C12H14FN3S/c1-3-6-14-12-16-15-11(17-12)10-5-4-9(13)7-8(10)2/h4-5,7H,3,6H2,1-2H3,(H,14,16). The number of nitrogens with zero attached hydrogens (tertiary/aromatic N) is 2. The van der Waals surface area contributed by atoms with E-state index in [2.05, 4.69) is 22.4 Å². The normalized spacial score (nSPS) is 10.5. The van der Waals surface area contributed by atoms with Crippen molar-refractivity contribution in [1.29, 1.82) is 0 Å². The third-order valence-corrected chi connectivity index (χ3v) is 3.28. The lowest BCUT2D eigenvalue weighted by Gasteiger charge is -2.00. The largest absolute Gasteiger partial charge is 0.360 e. The number of hydrogen-bond acceptors (Lipinski definition) is 4. The van der Waals surface area contributed by atoms with Crippen LogP contribution in [0.15, 0.2) is 18.2 Å². The molecule has 2 rings (SSSR count). The highest BCUT2D eigenvalue weighted by Crippen LogP contribution is 2.29. The van der Waals surface area contributed by atoms with Gasteiger partial charge in [0.2, 0.25) is 5.13 Å². The van der Waals surface area contributed by atoms with Gasteiger partial charge in [-0.25, -0.2) is 4.39 Å². The molecule has 0 bridgehead atoms. The fraction of sp³-hybridized carbons (Fsp3) is 0.333. The number of benzene rings is 1. The van der Waals surface area contributed by atoms with Crippen molar-refractivity contribution in [3.63, 3.8) is 0 Å². The number of halogens is 1. The molecule has 0 saturated heterocycles. The molecule has 17 heavy (non-hydrogen) atoms. The van der Waals surface area contributed by atoms with Gasteiger partial charge in [0.25, 0.3) is 0 Å². The van der Waals surface area contributed by atoms with Crippen LogP contribution in [0.25, 0.3) is 10.6 Å². The Balaban J connectivity index is 2.24. The van der Waals surface area contributed by atoms with E-state index in [0.29, 0.717) is 0 Å². The molecule has 5 heteroatoms. The monoisotopic (exact) mass is 251 g/mol. The number of hydrogen-bond donors (Lipinski definition) is 1. The van der Waals surface area contributed by atoms with Crippen molar-refractivity contribution in [2.24, 2.45) is 0 Å². The SMILES string of the molecule is CCCNc1nnc(-c2ccc(F)cc2C)s1. The minimum Gasteiger partial charge on any atom is -0.360 e. The van der Waals surface area contributed by atoms with E-state index in [9.17, 15) is 4.39 Å². The summed E-state index contributed by atoms with van der Waals surface area (Å²) in [6.07, 6.45) is 1.05. The van der Waals surface area contributed by atoms with Crippen LogP contribution in [-0.4, -0.2) is 16.7 Å². The summed E-state index contributed by atoms with van der Waals surface area (Å²) < 4.78 is 13.0. The van der Waals surface area contributed by atoms with E-state index in [1.807, 2.05) is 6.92 Å². The molecule has 0 radical (unpaired) electrons. The highest BCUT2D eigenvalue weighted by atomic mass is 32.1. The minimum atomic E-state index is -0.222. The topological polar surface area (TPSA) is 37.8 Å². The lowest BCUT2D eigenvalue weighted by atomic mass is 10.1. The maximum absolute atomic E-state index is 13.0. The van der Waals surface area contributed by atoms with Crippen LogP contribution < -0.4 is 5.32 Å². The van der Waals surface area contributed by atoms with Gasteiger partial charge in [-0.2, -0.15) is 0 Å². The lowest BCUT2D eigenvalue weighted by molar-refractivity contribution is 0.627. The summed E-state index contributed by atoms with van der Waals surface area (Å²) in [4.78, 5) is 0. The van der Waals surface area contributed by atoms with E-state index in [0.717, 1.165) is 34.2 Å². The fourth-order valence-electron chi connectivity index (χ4n) is 1.50. The van der Waals surface area contributed by atoms with Gasteiger partial charge in [-0.3, -0.25) is 0 Å². The Bertz CT molecular complexity index is 510. The van der Waals surface area contributed by atoms with Crippen LogP contribution in [0.1, 0.15) is 18.9 Å². The molecular formula is C12H14FN3S. The first-order valence-electron chi connectivity index (χ1n) is 5.54. The molecule has 2 aromatic rings. The summed E-state index contributed by atoms with van der Waals surface area (Å²) >= 11 is 1.49. The highest BCUT2D eigenvalue weighted by Gasteiger charge is 2.09. The van der Waals surface area contributed by atoms with Gasteiger partial charge in [-0.1, -0.05) is 18.3 Å². The maximum Gasteiger partial charge on any atom is 0.206 e. The highest BCUT2D eigenvalue weighted by molar-refractivity contribution is 7.18. The van der Waals surface area contributed by atoms with E-state index in [1.54, 1.807) is 6.07 Å². The first-order chi connectivity index (χ1) is 8.20. The third-order valence-electron chi connectivity index (χ3n) is 2.37. The molecular weight excluding hydrogens is 237 g/mol. The average molecular weight is 251 g/mol. The van der Waals surface area contributed by atoms with Crippen molar-refractivity contribution in [3.8, 4) is 10.6 Å². The summed E-state index contributed by atoms with van der Waals surface area (Å²) in [5.74, 6) is -0.222. The van der Waals surface area contributed by atoms with Gasteiger partial charge in [0.15, 0.2) is 0 Å². The number of nitrogens with one attached hydrogen (secondary N) is 1. The summed E-state index contributed by atoms with van der Waals surface area (Å²) in [6, 6.07) is 4.70. The average Bonchev–Trinajstić information content (AvgIpc) is 2.75. The van der Waals surface area contributed by atoms with Gasteiger partial charge >= 0.3 is 0 Å². The smallest absolute Gasteiger partial charge is 0.206 e. The zero-order valence-electron chi connectivity index (χ0n) is 9.83. The quantitative estimate of drug-likeness (QED) is 0.904. The molecule has 0 aliphatic carbocycles. The summed E-state index contributed by atoms with van der Waals surface area (Å²) in [6.45, 7) is 4.86. The van der Waals surface area contributed by atoms with Gasteiger partial charge in [-0.15, -0.1) is 10.2 Å². The van der Waals surface area contributed by atoms with E-state index >= 15 is 0 Å². The van der Waals surface area contributed by atoms with Crippen molar-refractivity contribution >= 4 is 16.5 Å². The second kappa shape index (κ2) is 5.23. The van der Waals surface area contributed by atoms with Gasteiger partial charge in [0.05, 0.1) is 0 Å². The summed E-state index contributed by atoms with van der Waals surface area (Å²) in [5.41, 5.74) is 1.82. The Morgan fingerprint density at radius 1 is 1.35 bits per heavy atom. The van der Waals surface area contributed by atoms with Crippen molar-refractivity contribution in [2.75, 3.05) is 11.9 Å².